The van der Waals surface area contributed by atoms with E-state index >= 15 is 0 Å². The maximum absolute atomic E-state index is 12.4. The molecule has 1 amide bonds. The Morgan fingerprint density at radius 3 is 2.47 bits per heavy atom. The molecule has 1 heterocycles. The fraction of sp³-hybridized carbons (Fsp3) is 0.667. The topological polar surface area (TPSA) is 60.4 Å². The van der Waals surface area contributed by atoms with E-state index in [-0.39, 0.29) is 24.0 Å². The molecule has 1 N–H and O–H groups in total. The number of nitrogens with zero attached hydrogens (tertiary/aromatic N) is 4. The first-order chi connectivity index (χ1) is 15.1. The molecule has 0 atom stereocenters. The molecule has 8 heteroatoms. The first kappa shape index (κ1) is 26.7. The Bertz CT molecular complexity index is 716. The average Bonchev–Trinajstić information content (AvgIpc) is 2.73. The maximum atomic E-state index is 12.4. The second kappa shape index (κ2) is 13.9. The van der Waals surface area contributed by atoms with Crippen molar-refractivity contribution in [2.45, 2.75) is 33.1 Å². The number of piperazine rings is 1. The number of rotatable bonds is 9. The number of likely N-dealkylation sites (N-methyl/N-ethyl adjacent to an activating group) is 1. The van der Waals surface area contributed by atoms with Crippen LogP contribution in [-0.4, -0.2) is 92.6 Å². The van der Waals surface area contributed by atoms with Crippen molar-refractivity contribution in [1.29, 1.82) is 0 Å². The molecular formula is C24H40IN5O2. The molecule has 7 nitrogen and oxygen atoms in total. The van der Waals surface area contributed by atoms with E-state index < -0.39 is 0 Å². The number of carbonyl (C=O) groups excluding carboxylic acids is 1. The van der Waals surface area contributed by atoms with Crippen molar-refractivity contribution in [3.63, 3.8) is 0 Å². The Morgan fingerprint density at radius 1 is 1.19 bits per heavy atom. The van der Waals surface area contributed by atoms with Crippen molar-refractivity contribution in [2.24, 2.45) is 10.9 Å². The van der Waals surface area contributed by atoms with Crippen molar-refractivity contribution >= 4 is 35.8 Å². The van der Waals surface area contributed by atoms with Crippen LogP contribution in [-0.2, 0) is 4.79 Å². The summed E-state index contributed by atoms with van der Waals surface area (Å²) in [6.45, 7) is 11.7. The molecule has 3 rings (SSSR count). The lowest BCUT2D eigenvalue weighted by molar-refractivity contribution is -0.139. The van der Waals surface area contributed by atoms with Crippen molar-refractivity contribution in [1.82, 2.24) is 20.0 Å². The summed E-state index contributed by atoms with van der Waals surface area (Å²) in [4.78, 5) is 23.8. The molecule has 2 fully saturated rings. The number of halogens is 1. The molecule has 32 heavy (non-hydrogen) atoms. The van der Waals surface area contributed by atoms with E-state index in [9.17, 15) is 4.79 Å². The van der Waals surface area contributed by atoms with Crippen LogP contribution in [0.4, 0.5) is 0 Å². The summed E-state index contributed by atoms with van der Waals surface area (Å²) in [7, 11) is 2.05. The first-order valence-corrected chi connectivity index (χ1v) is 11.8. The number of amides is 1. The van der Waals surface area contributed by atoms with E-state index in [0.29, 0.717) is 18.4 Å². The normalized spacial score (nSPS) is 17.3. The van der Waals surface area contributed by atoms with Gasteiger partial charge in [-0.15, -0.1) is 24.0 Å². The Labute approximate surface area is 210 Å². The van der Waals surface area contributed by atoms with Gasteiger partial charge in [-0.05, 0) is 38.8 Å². The van der Waals surface area contributed by atoms with Crippen LogP contribution in [0.15, 0.2) is 29.3 Å². The third kappa shape index (κ3) is 8.10. The average molecular weight is 558 g/mol. The summed E-state index contributed by atoms with van der Waals surface area (Å²) in [5, 5.41) is 3.37. The number of aryl methyl sites for hydroxylation is 1. The van der Waals surface area contributed by atoms with Crippen LogP contribution in [0.5, 0.6) is 5.75 Å². The van der Waals surface area contributed by atoms with Gasteiger partial charge in [0.25, 0.3) is 0 Å². The molecule has 1 aliphatic heterocycles. The van der Waals surface area contributed by atoms with Crippen LogP contribution >= 0.6 is 24.0 Å². The number of ether oxygens (including phenoxy) is 1. The number of hydrogen-bond acceptors (Lipinski definition) is 4. The van der Waals surface area contributed by atoms with Crippen LogP contribution in [0.2, 0.25) is 0 Å². The van der Waals surface area contributed by atoms with Crippen LogP contribution < -0.4 is 10.1 Å². The maximum Gasteiger partial charge on any atom is 0.225 e. The van der Waals surface area contributed by atoms with Gasteiger partial charge in [-0.3, -0.25) is 14.7 Å². The molecule has 0 bridgehead atoms. The van der Waals surface area contributed by atoms with E-state index in [0.717, 1.165) is 76.9 Å². The lowest BCUT2D eigenvalue weighted by atomic mass is 9.84. The number of carbonyl (C=O) groups is 1. The minimum absolute atomic E-state index is 0. The van der Waals surface area contributed by atoms with Crippen LogP contribution in [0, 0.1) is 12.8 Å². The SMILES string of the molecule is CCNC(=NCCN1CCN(C(=O)C2CCC2)CC1)N(C)CCOc1ccc(C)cc1.I. The molecular weight excluding hydrogens is 517 g/mol. The smallest absolute Gasteiger partial charge is 0.225 e. The van der Waals surface area contributed by atoms with Crippen LogP contribution in [0.3, 0.4) is 0 Å². The molecule has 0 unspecified atom stereocenters. The molecule has 0 spiro atoms. The highest BCUT2D eigenvalue weighted by molar-refractivity contribution is 14.0. The van der Waals surface area contributed by atoms with E-state index in [1.54, 1.807) is 0 Å². The summed E-state index contributed by atoms with van der Waals surface area (Å²) in [5.74, 6) is 2.50. The minimum atomic E-state index is 0. The summed E-state index contributed by atoms with van der Waals surface area (Å²) < 4.78 is 5.85. The zero-order chi connectivity index (χ0) is 22.1. The molecule has 1 saturated carbocycles. The molecule has 0 radical (unpaired) electrons. The summed E-state index contributed by atoms with van der Waals surface area (Å²) in [6, 6.07) is 8.14. The lowest BCUT2D eigenvalue weighted by Gasteiger charge is -2.38. The van der Waals surface area contributed by atoms with Gasteiger partial charge < -0.3 is 19.9 Å². The predicted octanol–water partition coefficient (Wildman–Crippen LogP) is 2.83. The van der Waals surface area contributed by atoms with Crippen molar-refractivity contribution in [3.8, 4) is 5.75 Å². The first-order valence-electron chi connectivity index (χ1n) is 11.8. The number of hydrogen-bond donors (Lipinski definition) is 1. The van der Waals surface area contributed by atoms with Gasteiger partial charge in [0.05, 0.1) is 13.1 Å². The van der Waals surface area contributed by atoms with E-state index in [4.69, 9.17) is 9.73 Å². The summed E-state index contributed by atoms with van der Waals surface area (Å²) in [5.41, 5.74) is 1.23. The quantitative estimate of drug-likeness (QED) is 0.288. The van der Waals surface area contributed by atoms with Gasteiger partial charge in [0.2, 0.25) is 5.91 Å². The fourth-order valence-corrected chi connectivity index (χ4v) is 3.91. The zero-order valence-electron chi connectivity index (χ0n) is 19.9. The van der Waals surface area contributed by atoms with Gasteiger partial charge in [0.1, 0.15) is 12.4 Å². The van der Waals surface area contributed by atoms with E-state index in [2.05, 4.69) is 46.0 Å². The van der Waals surface area contributed by atoms with E-state index in [1.807, 2.05) is 19.2 Å². The molecule has 180 valence electrons. The molecule has 1 saturated heterocycles. The Balaban J connectivity index is 0.00000363. The monoisotopic (exact) mass is 557 g/mol. The van der Waals surface area contributed by atoms with Crippen molar-refractivity contribution in [3.05, 3.63) is 29.8 Å². The Hall–Kier alpha value is -1.55. The summed E-state index contributed by atoms with van der Waals surface area (Å²) in [6.07, 6.45) is 3.39. The number of guanidine groups is 1. The summed E-state index contributed by atoms with van der Waals surface area (Å²) >= 11 is 0. The molecule has 2 aliphatic rings. The predicted molar refractivity (Wildman–Crippen MR) is 141 cm³/mol. The molecule has 1 aliphatic carbocycles. The van der Waals surface area contributed by atoms with Gasteiger partial charge in [-0.1, -0.05) is 24.1 Å². The van der Waals surface area contributed by atoms with E-state index in [1.165, 1.54) is 12.0 Å². The highest BCUT2D eigenvalue weighted by Crippen LogP contribution is 2.28. The van der Waals surface area contributed by atoms with Gasteiger partial charge in [0.15, 0.2) is 5.96 Å². The standard InChI is InChI=1S/C24H39N5O2.HI/c1-4-25-24(27(3)18-19-31-22-10-8-20(2)9-11-22)26-12-13-28-14-16-29(17-15-28)23(30)21-6-5-7-21;/h8-11,21H,4-7,12-19H2,1-3H3,(H,25,26);1H. The van der Waals surface area contributed by atoms with Crippen molar-refractivity contribution in [2.75, 3.05) is 66.0 Å². The molecule has 0 aromatic heterocycles. The Morgan fingerprint density at radius 2 is 1.88 bits per heavy atom. The highest BCUT2D eigenvalue weighted by Gasteiger charge is 2.30. The second-order valence-corrected chi connectivity index (χ2v) is 8.61. The van der Waals surface area contributed by atoms with Gasteiger partial charge in [-0.25, -0.2) is 0 Å². The number of benzene rings is 1. The Kier molecular flexibility index (Phi) is 11.6. The van der Waals surface area contributed by atoms with Gasteiger partial charge >= 0.3 is 0 Å². The van der Waals surface area contributed by atoms with Gasteiger partial charge in [0, 0.05) is 52.2 Å². The lowest BCUT2D eigenvalue weighted by Crippen LogP contribution is -2.51. The number of nitrogens with one attached hydrogen (secondary N) is 1. The third-order valence-corrected chi connectivity index (χ3v) is 6.23. The highest BCUT2D eigenvalue weighted by atomic mass is 127. The number of aliphatic imine (C=N–C) groups is 1. The van der Waals surface area contributed by atoms with Gasteiger partial charge in [-0.2, -0.15) is 0 Å². The molecule has 1 aromatic carbocycles. The molecule has 1 aromatic rings. The van der Waals surface area contributed by atoms with Crippen LogP contribution in [0.1, 0.15) is 31.7 Å². The fourth-order valence-electron chi connectivity index (χ4n) is 3.91. The largest absolute Gasteiger partial charge is 0.492 e. The van der Waals surface area contributed by atoms with Crippen molar-refractivity contribution < 1.29 is 9.53 Å². The van der Waals surface area contributed by atoms with Crippen LogP contribution in [0.25, 0.3) is 0 Å². The zero-order valence-corrected chi connectivity index (χ0v) is 22.2. The third-order valence-electron chi connectivity index (χ3n) is 6.23. The second-order valence-electron chi connectivity index (χ2n) is 8.61. The minimum Gasteiger partial charge on any atom is -0.492 e.